The van der Waals surface area contributed by atoms with Gasteiger partial charge in [0.05, 0.1) is 0 Å². The Morgan fingerprint density at radius 1 is 1.08 bits per heavy atom. The summed E-state index contributed by atoms with van der Waals surface area (Å²) in [6.07, 6.45) is 1.91. The molecule has 2 aromatic carbocycles. The quantitative estimate of drug-likeness (QED) is 0.372. The van der Waals surface area contributed by atoms with E-state index >= 15 is 0 Å². The lowest BCUT2D eigenvalue weighted by molar-refractivity contribution is -0.643. The van der Waals surface area contributed by atoms with Gasteiger partial charge in [0.15, 0.2) is 18.4 Å². The number of rotatable bonds is 4. The van der Waals surface area contributed by atoms with Gasteiger partial charge in [-0.2, -0.15) is 0 Å². The second-order valence-electron chi connectivity index (χ2n) is 5.42. The second kappa shape index (κ2) is 7.16. The van der Waals surface area contributed by atoms with E-state index in [1.807, 2.05) is 71.4 Å². The van der Waals surface area contributed by atoms with Gasteiger partial charge in [-0.15, -0.1) is 0 Å². The number of nitrogens with two attached hydrogens (primary N) is 1. The van der Waals surface area contributed by atoms with Crippen LogP contribution in [0.4, 0.5) is 5.13 Å². The van der Waals surface area contributed by atoms with Gasteiger partial charge in [0.25, 0.3) is 0 Å². The molecule has 5 nitrogen and oxygen atoms in total. The number of carbonyl (C=O) groups excluding carboxylic acids is 1. The van der Waals surface area contributed by atoms with Gasteiger partial charge in [-0.3, -0.25) is 4.79 Å². The first kappa shape index (κ1) is 17.3. The summed E-state index contributed by atoms with van der Waals surface area (Å²) in [5.41, 5.74) is 8.50. The minimum Gasteiger partial charge on any atom is -1.00 e. The number of fused-ring (bicyclic) bond motifs is 1. The summed E-state index contributed by atoms with van der Waals surface area (Å²) in [6, 6.07) is 19.3. The average molecular weight is 415 g/mol. The van der Waals surface area contributed by atoms with Gasteiger partial charge < -0.3 is 22.7 Å². The van der Waals surface area contributed by atoms with Crippen LogP contribution in [-0.2, 0) is 6.54 Å². The Kier molecular flexibility index (Phi) is 4.96. The predicted octanol–water partition coefficient (Wildman–Crippen LogP) is -0.181. The van der Waals surface area contributed by atoms with Gasteiger partial charge in [-0.05, 0) is 16.4 Å². The fourth-order valence-corrected chi connectivity index (χ4v) is 3.49. The molecule has 0 bridgehead atoms. The number of nitrogen functional groups attached to an aromatic ring is 1. The van der Waals surface area contributed by atoms with E-state index in [4.69, 9.17) is 5.73 Å². The Balaban J connectivity index is 0.00000182. The molecule has 4 rings (SSSR count). The normalized spacial score (nSPS) is 10.6. The SMILES string of the molecule is Nc1nn2cc(-c3ccccc3)[n+](CC(=O)c3ccccc3)c2s1.[Br-]. The Bertz CT molecular complexity index is 1010. The highest BCUT2D eigenvalue weighted by atomic mass is 79.9. The number of anilines is 1. The number of aromatic nitrogens is 3. The molecule has 25 heavy (non-hydrogen) atoms. The summed E-state index contributed by atoms with van der Waals surface area (Å²) in [7, 11) is 0. The third-order valence-corrected chi connectivity index (χ3v) is 4.71. The van der Waals surface area contributed by atoms with E-state index in [-0.39, 0.29) is 29.3 Å². The molecule has 2 heterocycles. The van der Waals surface area contributed by atoms with Crippen molar-refractivity contribution >= 4 is 27.2 Å². The number of benzene rings is 2. The van der Waals surface area contributed by atoms with Gasteiger partial charge in [0.2, 0.25) is 10.9 Å². The molecule has 0 saturated heterocycles. The Morgan fingerprint density at radius 2 is 1.72 bits per heavy atom. The fraction of sp³-hybridized carbons (Fsp3) is 0.0556. The fourth-order valence-electron chi connectivity index (χ4n) is 2.71. The lowest BCUT2D eigenvalue weighted by Crippen LogP contribution is -3.00. The Labute approximate surface area is 159 Å². The highest BCUT2D eigenvalue weighted by Crippen LogP contribution is 2.21. The van der Waals surface area contributed by atoms with Crippen molar-refractivity contribution in [2.24, 2.45) is 0 Å². The molecule has 0 spiro atoms. The van der Waals surface area contributed by atoms with Crippen LogP contribution in [0.15, 0.2) is 66.9 Å². The van der Waals surface area contributed by atoms with Crippen LogP contribution in [0.3, 0.4) is 0 Å². The van der Waals surface area contributed by atoms with Crippen molar-refractivity contribution in [3.63, 3.8) is 0 Å². The third kappa shape index (κ3) is 3.33. The van der Waals surface area contributed by atoms with Crippen molar-refractivity contribution in [2.45, 2.75) is 6.54 Å². The molecule has 0 atom stereocenters. The zero-order valence-electron chi connectivity index (χ0n) is 13.2. The molecule has 0 aliphatic rings. The molecule has 0 fully saturated rings. The lowest BCUT2D eigenvalue weighted by Gasteiger charge is -2.02. The maximum absolute atomic E-state index is 12.7. The standard InChI is InChI=1S/C18H15N4OS.BrH/c19-17-20-22-11-15(13-7-3-1-4-8-13)21(18(22)24-17)12-16(23)14-9-5-2-6-10-14;/h1-11H,12H2,(H2,19,20);1H/q+1;/p-1. The van der Waals surface area contributed by atoms with Crippen molar-refractivity contribution in [1.82, 2.24) is 9.61 Å². The van der Waals surface area contributed by atoms with E-state index in [1.54, 1.807) is 4.52 Å². The van der Waals surface area contributed by atoms with E-state index in [2.05, 4.69) is 5.10 Å². The number of nitrogens with zero attached hydrogens (tertiary/aromatic N) is 3. The molecule has 7 heteroatoms. The maximum atomic E-state index is 12.7. The zero-order chi connectivity index (χ0) is 16.5. The molecule has 0 radical (unpaired) electrons. The number of ketones is 1. The smallest absolute Gasteiger partial charge is 0.370 e. The van der Waals surface area contributed by atoms with E-state index in [9.17, 15) is 4.79 Å². The number of halogens is 1. The van der Waals surface area contributed by atoms with Crippen LogP contribution >= 0.6 is 11.3 Å². The van der Waals surface area contributed by atoms with Crippen LogP contribution in [0.1, 0.15) is 10.4 Å². The summed E-state index contributed by atoms with van der Waals surface area (Å²) in [6.45, 7) is 0.242. The van der Waals surface area contributed by atoms with E-state index in [0.717, 1.165) is 16.2 Å². The molecule has 0 aliphatic heterocycles. The van der Waals surface area contributed by atoms with E-state index in [0.29, 0.717) is 10.7 Å². The topological polar surface area (TPSA) is 64.3 Å². The van der Waals surface area contributed by atoms with Gasteiger partial charge in [0, 0.05) is 11.1 Å². The molecule has 126 valence electrons. The lowest BCUT2D eigenvalue weighted by atomic mass is 10.1. The second-order valence-corrected chi connectivity index (χ2v) is 6.41. The zero-order valence-corrected chi connectivity index (χ0v) is 15.6. The number of hydrogen-bond donors (Lipinski definition) is 1. The van der Waals surface area contributed by atoms with Crippen molar-refractivity contribution < 1.29 is 26.3 Å². The monoisotopic (exact) mass is 414 g/mol. The summed E-state index contributed by atoms with van der Waals surface area (Å²) >= 11 is 1.37. The summed E-state index contributed by atoms with van der Waals surface area (Å²) in [5.74, 6) is 0.0536. The van der Waals surface area contributed by atoms with Gasteiger partial charge >= 0.3 is 4.96 Å². The van der Waals surface area contributed by atoms with E-state index in [1.165, 1.54) is 11.3 Å². The maximum Gasteiger partial charge on any atom is 0.370 e. The Morgan fingerprint density at radius 3 is 2.40 bits per heavy atom. The van der Waals surface area contributed by atoms with E-state index < -0.39 is 0 Å². The number of hydrogen-bond acceptors (Lipinski definition) is 4. The first-order valence-corrected chi connectivity index (χ1v) is 8.35. The van der Waals surface area contributed by atoms with Crippen LogP contribution in [0.2, 0.25) is 0 Å². The van der Waals surface area contributed by atoms with Crippen LogP contribution < -0.4 is 27.3 Å². The largest absolute Gasteiger partial charge is 1.00 e. The molecule has 0 unspecified atom stereocenters. The molecule has 0 saturated carbocycles. The minimum absolute atomic E-state index is 0. The van der Waals surface area contributed by atoms with Gasteiger partial charge in [-0.1, -0.05) is 65.2 Å². The molecule has 0 amide bonds. The number of Topliss-reactive ketones (excluding diaryl/α,β-unsaturated/α-hetero) is 1. The highest BCUT2D eigenvalue weighted by molar-refractivity contribution is 7.19. The van der Waals surface area contributed by atoms with Crippen molar-refractivity contribution in [2.75, 3.05) is 5.73 Å². The van der Waals surface area contributed by atoms with Crippen LogP contribution in [-0.4, -0.2) is 15.4 Å². The molecular weight excluding hydrogens is 400 g/mol. The Hall–Kier alpha value is -2.51. The first-order valence-electron chi connectivity index (χ1n) is 7.53. The predicted molar refractivity (Wildman–Crippen MR) is 93.9 cm³/mol. The molecule has 0 aliphatic carbocycles. The minimum atomic E-state index is 0. The van der Waals surface area contributed by atoms with Crippen molar-refractivity contribution in [3.8, 4) is 11.3 Å². The number of imidazole rings is 1. The van der Waals surface area contributed by atoms with Gasteiger partial charge in [-0.25, -0.2) is 4.57 Å². The highest BCUT2D eigenvalue weighted by Gasteiger charge is 2.25. The molecular formula is C18H15BrN4OS. The first-order chi connectivity index (χ1) is 11.7. The molecule has 4 aromatic rings. The van der Waals surface area contributed by atoms with Crippen molar-refractivity contribution in [3.05, 3.63) is 72.4 Å². The summed E-state index contributed by atoms with van der Waals surface area (Å²) in [5, 5.41) is 4.76. The van der Waals surface area contributed by atoms with Crippen LogP contribution in [0, 0.1) is 0 Å². The van der Waals surface area contributed by atoms with Gasteiger partial charge in [0.1, 0.15) is 0 Å². The summed E-state index contributed by atoms with van der Waals surface area (Å²) < 4.78 is 3.71. The molecule has 2 aromatic heterocycles. The number of carbonyl (C=O) groups is 1. The third-order valence-electron chi connectivity index (χ3n) is 3.83. The van der Waals surface area contributed by atoms with Crippen LogP contribution in [0.5, 0.6) is 0 Å². The van der Waals surface area contributed by atoms with Crippen LogP contribution in [0.25, 0.3) is 16.2 Å². The van der Waals surface area contributed by atoms with Crippen molar-refractivity contribution in [1.29, 1.82) is 0 Å². The molecule has 2 N–H and O–H groups in total. The average Bonchev–Trinajstić information content (AvgIpc) is 3.13. The summed E-state index contributed by atoms with van der Waals surface area (Å²) in [4.78, 5) is 13.5.